The lowest BCUT2D eigenvalue weighted by Crippen LogP contribution is -2.38. The lowest BCUT2D eigenvalue weighted by molar-refractivity contribution is -0.126. The summed E-state index contributed by atoms with van der Waals surface area (Å²) in [6.45, 7) is 5.76. The Kier molecular flexibility index (Phi) is 13.3. The van der Waals surface area contributed by atoms with Crippen LogP contribution in [0.4, 0.5) is 0 Å². The Morgan fingerprint density at radius 2 is 1.88 bits per heavy atom. The van der Waals surface area contributed by atoms with E-state index in [1.165, 1.54) is 7.05 Å². The average Bonchev–Trinajstić information content (AvgIpc) is 2.30. The molecule has 4 nitrogen and oxygen atoms in total. The van der Waals surface area contributed by atoms with Crippen LogP contribution in [0.3, 0.4) is 0 Å². The van der Waals surface area contributed by atoms with Crippen LogP contribution in [-0.2, 0) is 9.59 Å². The minimum Gasteiger partial charge on any atom is -0.346 e. The summed E-state index contributed by atoms with van der Waals surface area (Å²) in [7, 11) is 1.50. The fourth-order valence-corrected chi connectivity index (χ4v) is 1.14. The minimum absolute atomic E-state index is 0.0430. The quantitative estimate of drug-likeness (QED) is 0.514. The Morgan fingerprint density at radius 1 is 1.31 bits per heavy atom. The van der Waals surface area contributed by atoms with E-state index >= 15 is 0 Å². The second-order valence-electron chi connectivity index (χ2n) is 3.90. The molecule has 4 heteroatoms. The van der Waals surface area contributed by atoms with Crippen molar-refractivity contribution in [2.75, 3.05) is 7.05 Å². The van der Waals surface area contributed by atoms with E-state index in [1.54, 1.807) is 0 Å². The van der Waals surface area contributed by atoms with Crippen molar-refractivity contribution < 1.29 is 9.59 Å². The van der Waals surface area contributed by atoms with Crippen molar-refractivity contribution in [2.24, 2.45) is 11.7 Å². The first-order valence-corrected chi connectivity index (χ1v) is 5.95. The van der Waals surface area contributed by atoms with E-state index in [2.05, 4.69) is 18.0 Å². The van der Waals surface area contributed by atoms with Crippen LogP contribution in [0.2, 0.25) is 0 Å². The molecule has 0 aliphatic heterocycles. The van der Waals surface area contributed by atoms with Gasteiger partial charge in [-0.1, -0.05) is 40.0 Å². The van der Waals surface area contributed by atoms with Gasteiger partial charge in [0.15, 0.2) is 0 Å². The maximum Gasteiger partial charge on any atom is 0.223 e. The number of hydrogen-bond donors (Lipinski definition) is 2. The molecule has 16 heavy (non-hydrogen) atoms. The van der Waals surface area contributed by atoms with Gasteiger partial charge in [0.25, 0.3) is 0 Å². The van der Waals surface area contributed by atoms with Crippen molar-refractivity contribution in [1.29, 1.82) is 0 Å². The molecule has 0 radical (unpaired) electrons. The molecule has 0 bridgehead atoms. The zero-order valence-electron chi connectivity index (χ0n) is 11.0. The number of rotatable bonds is 7. The zero-order valence-corrected chi connectivity index (χ0v) is 11.0. The van der Waals surface area contributed by atoms with Crippen molar-refractivity contribution >= 4 is 12.2 Å². The van der Waals surface area contributed by atoms with Gasteiger partial charge in [0.05, 0.1) is 6.04 Å². The number of amides is 1. The second-order valence-corrected chi connectivity index (χ2v) is 3.90. The van der Waals surface area contributed by atoms with Crippen molar-refractivity contribution in [3.63, 3.8) is 0 Å². The molecule has 3 N–H and O–H groups in total. The number of aldehydes is 1. The summed E-state index contributed by atoms with van der Waals surface area (Å²) in [5, 5.41) is 2.72. The van der Waals surface area contributed by atoms with E-state index in [0.717, 1.165) is 32.0 Å². The molecule has 0 saturated heterocycles. The molecule has 0 fully saturated rings. The number of nitrogens with two attached hydrogens (primary N) is 1. The summed E-state index contributed by atoms with van der Waals surface area (Å²) in [5.74, 6) is -0.0952. The number of carbonyl (C=O) groups excluding carboxylic acids is 2. The normalized spacial score (nSPS) is 11.4. The molecule has 0 heterocycles. The Morgan fingerprint density at radius 3 is 2.25 bits per heavy atom. The summed E-state index contributed by atoms with van der Waals surface area (Å²) >= 11 is 0. The SMILES string of the molecule is CCCCC[C@@H](C=O)NC(=O)C(C)C.CN. The highest BCUT2D eigenvalue weighted by atomic mass is 16.2. The predicted molar refractivity (Wildman–Crippen MR) is 67.1 cm³/mol. The Labute approximate surface area is 99.0 Å². The van der Waals surface area contributed by atoms with Gasteiger partial charge in [0.1, 0.15) is 6.29 Å². The first-order chi connectivity index (χ1) is 7.61. The fourth-order valence-electron chi connectivity index (χ4n) is 1.14. The van der Waals surface area contributed by atoms with Gasteiger partial charge in [-0.25, -0.2) is 0 Å². The van der Waals surface area contributed by atoms with Crippen molar-refractivity contribution in [3.8, 4) is 0 Å². The molecule has 0 unspecified atom stereocenters. The highest BCUT2D eigenvalue weighted by molar-refractivity contribution is 5.81. The Balaban J connectivity index is 0. The maximum atomic E-state index is 11.3. The number of nitrogens with one attached hydrogen (secondary N) is 1. The topological polar surface area (TPSA) is 72.2 Å². The molecule has 0 aromatic rings. The van der Waals surface area contributed by atoms with Crippen molar-refractivity contribution in [3.05, 3.63) is 0 Å². The minimum atomic E-state index is -0.295. The molecule has 0 aliphatic rings. The summed E-state index contributed by atoms with van der Waals surface area (Å²) in [4.78, 5) is 21.9. The van der Waals surface area contributed by atoms with Gasteiger partial charge in [0.2, 0.25) is 5.91 Å². The third-order valence-corrected chi connectivity index (χ3v) is 2.13. The molecular formula is C12H26N2O2. The number of hydrogen-bond acceptors (Lipinski definition) is 3. The van der Waals surface area contributed by atoms with Gasteiger partial charge in [-0.15, -0.1) is 0 Å². The average molecular weight is 230 g/mol. The van der Waals surface area contributed by atoms with Crippen LogP contribution in [-0.4, -0.2) is 25.3 Å². The number of unbranched alkanes of at least 4 members (excludes halogenated alkanes) is 2. The van der Waals surface area contributed by atoms with Crippen LogP contribution >= 0.6 is 0 Å². The molecule has 0 aromatic carbocycles. The summed E-state index contributed by atoms with van der Waals surface area (Å²) < 4.78 is 0. The molecular weight excluding hydrogens is 204 g/mol. The molecule has 0 aromatic heterocycles. The van der Waals surface area contributed by atoms with Crippen LogP contribution in [0.15, 0.2) is 0 Å². The smallest absolute Gasteiger partial charge is 0.223 e. The van der Waals surface area contributed by atoms with Crippen molar-refractivity contribution in [2.45, 2.75) is 52.5 Å². The first kappa shape index (κ1) is 17.5. The summed E-state index contributed by atoms with van der Waals surface area (Å²) in [5.41, 5.74) is 4.50. The maximum absolute atomic E-state index is 11.3. The van der Waals surface area contributed by atoms with Crippen LogP contribution in [0.5, 0.6) is 0 Å². The van der Waals surface area contributed by atoms with E-state index in [0.29, 0.717) is 0 Å². The lowest BCUT2D eigenvalue weighted by atomic mass is 10.1. The third-order valence-electron chi connectivity index (χ3n) is 2.13. The van der Waals surface area contributed by atoms with Gasteiger partial charge < -0.3 is 15.8 Å². The van der Waals surface area contributed by atoms with Gasteiger partial charge >= 0.3 is 0 Å². The number of carbonyl (C=O) groups is 2. The van der Waals surface area contributed by atoms with Gasteiger partial charge in [-0.05, 0) is 13.5 Å². The summed E-state index contributed by atoms with van der Waals surface area (Å²) in [6, 6.07) is -0.295. The van der Waals surface area contributed by atoms with Crippen LogP contribution in [0.25, 0.3) is 0 Å². The van der Waals surface area contributed by atoms with E-state index in [-0.39, 0.29) is 17.9 Å². The summed E-state index contributed by atoms with van der Waals surface area (Å²) in [6.07, 6.45) is 4.83. The standard InChI is InChI=1S/C11H21NO2.CH5N/c1-4-5-6-7-10(8-13)12-11(14)9(2)3;1-2/h8-10H,4-7H2,1-3H3,(H,12,14);2H2,1H3/t10-;/m0./s1. The molecule has 1 amide bonds. The molecule has 0 saturated carbocycles. The molecule has 0 spiro atoms. The monoisotopic (exact) mass is 230 g/mol. The molecule has 0 rings (SSSR count). The third kappa shape index (κ3) is 9.65. The van der Waals surface area contributed by atoms with Gasteiger partial charge in [-0.3, -0.25) is 4.79 Å². The predicted octanol–water partition coefficient (Wildman–Crippen LogP) is 1.48. The van der Waals surface area contributed by atoms with E-state index in [4.69, 9.17) is 0 Å². The van der Waals surface area contributed by atoms with Gasteiger partial charge in [0, 0.05) is 5.92 Å². The van der Waals surface area contributed by atoms with Crippen molar-refractivity contribution in [1.82, 2.24) is 5.32 Å². The lowest BCUT2D eigenvalue weighted by Gasteiger charge is -2.13. The van der Waals surface area contributed by atoms with Crippen LogP contribution < -0.4 is 11.1 Å². The Hall–Kier alpha value is -0.900. The van der Waals surface area contributed by atoms with Crippen LogP contribution in [0.1, 0.15) is 46.5 Å². The van der Waals surface area contributed by atoms with E-state index in [9.17, 15) is 9.59 Å². The largest absolute Gasteiger partial charge is 0.346 e. The highest BCUT2D eigenvalue weighted by Gasteiger charge is 2.12. The highest BCUT2D eigenvalue weighted by Crippen LogP contribution is 2.03. The van der Waals surface area contributed by atoms with Crippen LogP contribution in [0, 0.1) is 5.92 Å². The van der Waals surface area contributed by atoms with E-state index < -0.39 is 0 Å². The van der Waals surface area contributed by atoms with Gasteiger partial charge in [-0.2, -0.15) is 0 Å². The zero-order chi connectivity index (χ0) is 13.0. The molecule has 96 valence electrons. The first-order valence-electron chi connectivity index (χ1n) is 5.95. The fraction of sp³-hybridized carbons (Fsp3) is 0.833. The van der Waals surface area contributed by atoms with E-state index in [1.807, 2.05) is 13.8 Å². The molecule has 1 atom stereocenters. The Bertz CT molecular complexity index is 182. The molecule has 0 aliphatic carbocycles. The second kappa shape index (κ2) is 12.2.